The predicted molar refractivity (Wildman–Crippen MR) is 117 cm³/mol. The van der Waals surface area contributed by atoms with Gasteiger partial charge in [0.05, 0.1) is 11.6 Å². The number of benzene rings is 1. The van der Waals surface area contributed by atoms with E-state index in [0.29, 0.717) is 41.8 Å². The van der Waals surface area contributed by atoms with Crippen LogP contribution in [-0.4, -0.2) is 23.5 Å². The van der Waals surface area contributed by atoms with Crippen molar-refractivity contribution in [1.29, 1.82) is 0 Å². The number of aromatic nitrogens is 1. The molecule has 1 saturated heterocycles. The minimum absolute atomic E-state index is 0.0159. The highest BCUT2D eigenvalue weighted by Crippen LogP contribution is 2.31. The number of nitrogens with one attached hydrogen (secondary N) is 2. The summed E-state index contributed by atoms with van der Waals surface area (Å²) < 4.78 is 5.79. The zero-order valence-electron chi connectivity index (χ0n) is 16.4. The van der Waals surface area contributed by atoms with Gasteiger partial charge < -0.3 is 15.0 Å². The van der Waals surface area contributed by atoms with E-state index in [0.717, 1.165) is 17.6 Å². The molecule has 2 aromatic rings. The molecule has 0 saturated carbocycles. The quantitative estimate of drug-likeness (QED) is 0.655. The molecule has 29 heavy (non-hydrogen) atoms. The Bertz CT molecular complexity index is 982. The molecule has 0 radical (unpaired) electrons. The first-order valence-corrected chi connectivity index (χ1v) is 10.4. The Morgan fingerprint density at radius 1 is 1.21 bits per heavy atom. The van der Waals surface area contributed by atoms with Gasteiger partial charge >= 0.3 is 0 Å². The lowest BCUT2D eigenvalue weighted by atomic mass is 9.99. The van der Waals surface area contributed by atoms with Gasteiger partial charge in [0.25, 0.3) is 5.56 Å². The number of rotatable bonds is 7. The topological polar surface area (TPSA) is 71.2 Å². The van der Waals surface area contributed by atoms with Crippen LogP contribution in [0.25, 0.3) is 5.57 Å². The maximum absolute atomic E-state index is 12.0. The van der Waals surface area contributed by atoms with Crippen molar-refractivity contribution in [1.82, 2.24) is 10.3 Å². The van der Waals surface area contributed by atoms with Crippen molar-refractivity contribution in [3.8, 4) is 5.75 Å². The van der Waals surface area contributed by atoms with Gasteiger partial charge in [-0.2, -0.15) is 0 Å². The van der Waals surface area contributed by atoms with E-state index < -0.39 is 0 Å². The molecule has 0 unspecified atom stereocenters. The molecule has 0 aliphatic carbocycles. The highest BCUT2D eigenvalue weighted by molar-refractivity contribution is 6.32. The normalized spacial score (nSPS) is 16.9. The van der Waals surface area contributed by atoms with E-state index >= 15 is 0 Å². The van der Waals surface area contributed by atoms with Crippen LogP contribution in [0, 0.1) is 5.92 Å². The molecule has 7 heteroatoms. The van der Waals surface area contributed by atoms with Crippen LogP contribution >= 0.6 is 23.2 Å². The summed E-state index contributed by atoms with van der Waals surface area (Å²) in [4.78, 5) is 26.4. The third-order valence-corrected chi connectivity index (χ3v) is 5.34. The maximum Gasteiger partial charge on any atom is 0.267 e. The van der Waals surface area contributed by atoms with E-state index in [2.05, 4.69) is 24.1 Å². The molecule has 5 nitrogen and oxygen atoms in total. The molecule has 3 rings (SSSR count). The molecular formula is C22H24Cl2N2O3. The number of hydrogen-bond donors (Lipinski definition) is 2. The van der Waals surface area contributed by atoms with Crippen LogP contribution < -0.4 is 15.6 Å². The van der Waals surface area contributed by atoms with Gasteiger partial charge in [-0.3, -0.25) is 9.59 Å². The van der Waals surface area contributed by atoms with Crippen LogP contribution in [0.3, 0.4) is 0 Å². The smallest absolute Gasteiger partial charge is 0.267 e. The number of aromatic amines is 1. The van der Waals surface area contributed by atoms with Gasteiger partial charge in [0.1, 0.15) is 10.8 Å². The first-order chi connectivity index (χ1) is 13.8. The summed E-state index contributed by atoms with van der Waals surface area (Å²) in [6.07, 6.45) is 4.06. The number of carbonyl (C=O) groups is 1. The molecule has 1 fully saturated rings. The Kier molecular flexibility index (Phi) is 7.04. The van der Waals surface area contributed by atoms with Gasteiger partial charge in [-0.25, -0.2) is 0 Å². The van der Waals surface area contributed by atoms with E-state index in [4.69, 9.17) is 27.9 Å². The number of halogens is 2. The zero-order chi connectivity index (χ0) is 21.0. The van der Waals surface area contributed by atoms with Crippen LogP contribution in [0.15, 0.2) is 41.2 Å². The van der Waals surface area contributed by atoms with Crippen molar-refractivity contribution in [3.05, 3.63) is 68.1 Å². The molecule has 0 bridgehead atoms. The Balaban J connectivity index is 1.94. The highest BCUT2D eigenvalue weighted by Gasteiger charge is 2.21. The van der Waals surface area contributed by atoms with Crippen molar-refractivity contribution in [2.75, 3.05) is 6.61 Å². The number of amides is 1. The second-order valence-corrected chi connectivity index (χ2v) is 8.33. The molecule has 1 aromatic heterocycles. The lowest BCUT2D eigenvalue weighted by Crippen LogP contribution is -2.23. The fourth-order valence-electron chi connectivity index (χ4n) is 3.11. The monoisotopic (exact) mass is 434 g/mol. The van der Waals surface area contributed by atoms with E-state index in [1.165, 1.54) is 0 Å². The van der Waals surface area contributed by atoms with Crippen molar-refractivity contribution in [2.24, 2.45) is 5.92 Å². The Labute approximate surface area is 180 Å². The predicted octanol–water partition coefficient (Wildman–Crippen LogP) is 4.82. The standard InChI is InChI=1S/C22H24Cl2N2O3/c1-13(2)9-10-29-20-7-3-14(11-18(20)24)16(12-15-4-8-21(27)25-15)19-6-5-17(23)22(28)26-19/h3,5-7,11-13,15H,4,8-10H2,1-2H3,(H,25,27)(H,26,28)/t15-/m1/s1. The Morgan fingerprint density at radius 3 is 2.62 bits per heavy atom. The highest BCUT2D eigenvalue weighted by atomic mass is 35.5. The van der Waals surface area contributed by atoms with Gasteiger partial charge in [-0.1, -0.05) is 49.2 Å². The molecule has 0 spiro atoms. The van der Waals surface area contributed by atoms with E-state index in [-0.39, 0.29) is 22.5 Å². The van der Waals surface area contributed by atoms with Crippen molar-refractivity contribution in [2.45, 2.75) is 39.2 Å². The van der Waals surface area contributed by atoms with Crippen LogP contribution in [-0.2, 0) is 4.79 Å². The van der Waals surface area contributed by atoms with Crippen LogP contribution in [0.5, 0.6) is 5.75 Å². The zero-order valence-corrected chi connectivity index (χ0v) is 17.9. The molecule has 1 atom stereocenters. The van der Waals surface area contributed by atoms with Gasteiger partial charge in [0.15, 0.2) is 0 Å². The molecule has 1 aliphatic rings. The first-order valence-electron chi connectivity index (χ1n) is 9.66. The number of hydrogen-bond acceptors (Lipinski definition) is 3. The fraction of sp³-hybridized carbons (Fsp3) is 0.364. The average Bonchev–Trinajstić information content (AvgIpc) is 3.08. The lowest BCUT2D eigenvalue weighted by Gasteiger charge is -2.14. The molecule has 2 heterocycles. The fourth-order valence-corrected chi connectivity index (χ4v) is 3.45. The number of H-pyrrole nitrogens is 1. The molecule has 1 aliphatic heterocycles. The summed E-state index contributed by atoms with van der Waals surface area (Å²) in [5.41, 5.74) is 1.81. The lowest BCUT2D eigenvalue weighted by molar-refractivity contribution is -0.119. The summed E-state index contributed by atoms with van der Waals surface area (Å²) in [5.74, 6) is 1.18. The Hall–Kier alpha value is -2.24. The third kappa shape index (κ3) is 5.64. The molecule has 154 valence electrons. The third-order valence-electron chi connectivity index (χ3n) is 4.74. The summed E-state index contributed by atoms with van der Waals surface area (Å²) >= 11 is 12.3. The molecule has 1 amide bonds. The molecule has 2 N–H and O–H groups in total. The SMILES string of the molecule is CC(C)CCOc1ccc(C(=C[C@H]2CCC(=O)N2)c2ccc(Cl)c(=O)[nH]2)cc1Cl. The summed E-state index contributed by atoms with van der Waals surface area (Å²) in [6.45, 7) is 4.87. The van der Waals surface area contributed by atoms with E-state index in [1.54, 1.807) is 12.1 Å². The van der Waals surface area contributed by atoms with Crippen molar-refractivity contribution in [3.63, 3.8) is 0 Å². The number of pyridine rings is 1. The van der Waals surface area contributed by atoms with Crippen molar-refractivity contribution < 1.29 is 9.53 Å². The van der Waals surface area contributed by atoms with Crippen molar-refractivity contribution >= 4 is 34.7 Å². The Morgan fingerprint density at radius 2 is 2.00 bits per heavy atom. The van der Waals surface area contributed by atoms with Crippen LogP contribution in [0.4, 0.5) is 0 Å². The molecular weight excluding hydrogens is 411 g/mol. The van der Waals surface area contributed by atoms with Gasteiger partial charge in [0, 0.05) is 23.7 Å². The van der Waals surface area contributed by atoms with Gasteiger partial charge in [0.2, 0.25) is 5.91 Å². The average molecular weight is 435 g/mol. The number of ether oxygens (including phenoxy) is 1. The summed E-state index contributed by atoms with van der Waals surface area (Å²) in [6, 6.07) is 8.72. The second kappa shape index (κ2) is 9.51. The van der Waals surface area contributed by atoms with Gasteiger partial charge in [-0.15, -0.1) is 0 Å². The largest absolute Gasteiger partial charge is 0.492 e. The second-order valence-electron chi connectivity index (χ2n) is 7.52. The van der Waals surface area contributed by atoms with Crippen LogP contribution in [0.2, 0.25) is 10.0 Å². The van der Waals surface area contributed by atoms with Gasteiger partial charge in [-0.05, 0) is 48.6 Å². The molecule has 1 aromatic carbocycles. The summed E-state index contributed by atoms with van der Waals surface area (Å²) in [5, 5.41) is 3.53. The minimum atomic E-state index is -0.370. The minimum Gasteiger partial charge on any atom is -0.492 e. The van der Waals surface area contributed by atoms with E-state index in [1.807, 2.05) is 24.3 Å². The first kappa shape index (κ1) is 21.5. The van der Waals surface area contributed by atoms with E-state index in [9.17, 15) is 9.59 Å². The summed E-state index contributed by atoms with van der Waals surface area (Å²) in [7, 11) is 0. The maximum atomic E-state index is 12.0. The number of carbonyl (C=O) groups excluding carboxylic acids is 1. The van der Waals surface area contributed by atoms with Crippen LogP contribution in [0.1, 0.15) is 44.4 Å².